The zero-order valence-corrected chi connectivity index (χ0v) is 11.3. The Bertz CT molecular complexity index is 640. The van der Waals surface area contributed by atoms with Crippen molar-refractivity contribution in [1.29, 1.82) is 0 Å². The largest absolute Gasteiger partial charge is 0.490 e. The molecule has 0 unspecified atom stereocenters. The molecule has 20 heavy (non-hydrogen) atoms. The van der Waals surface area contributed by atoms with Crippen molar-refractivity contribution < 1.29 is 9.13 Å². The normalized spacial score (nSPS) is 9.95. The Morgan fingerprint density at radius 2 is 2.30 bits per heavy atom. The van der Waals surface area contributed by atoms with Crippen LogP contribution in [0.2, 0.25) is 0 Å². The quantitative estimate of drug-likeness (QED) is 0.863. The zero-order chi connectivity index (χ0) is 14.4. The molecule has 2 N–H and O–H groups in total. The van der Waals surface area contributed by atoms with E-state index in [-0.39, 0.29) is 12.4 Å². The summed E-state index contributed by atoms with van der Waals surface area (Å²) >= 11 is 0. The molecule has 1 aromatic carbocycles. The van der Waals surface area contributed by atoms with E-state index in [9.17, 15) is 4.39 Å². The van der Waals surface area contributed by atoms with Gasteiger partial charge >= 0.3 is 0 Å². The van der Waals surface area contributed by atoms with Crippen molar-refractivity contribution in [1.82, 2.24) is 9.55 Å². The van der Waals surface area contributed by atoms with Gasteiger partial charge in [0.1, 0.15) is 24.0 Å². The first-order valence-corrected chi connectivity index (χ1v) is 6.29. The Morgan fingerprint density at radius 3 is 3.00 bits per heavy atom. The molecule has 0 radical (unpaired) electrons. The van der Waals surface area contributed by atoms with Gasteiger partial charge in [0.2, 0.25) is 0 Å². The number of hydrogen-bond donors (Lipinski definition) is 1. The average molecular weight is 273 g/mol. The molecular formula is C15H16FN3O. The van der Waals surface area contributed by atoms with E-state index in [2.05, 4.69) is 16.8 Å². The Labute approximate surface area is 117 Å². The van der Waals surface area contributed by atoms with Crippen molar-refractivity contribution in [2.45, 2.75) is 13.5 Å². The van der Waals surface area contributed by atoms with Crippen molar-refractivity contribution in [3.63, 3.8) is 0 Å². The lowest BCUT2D eigenvalue weighted by atomic mass is 10.2. The topological polar surface area (TPSA) is 53.1 Å². The lowest BCUT2D eigenvalue weighted by molar-refractivity contribution is 0.295. The summed E-state index contributed by atoms with van der Waals surface area (Å²) in [5, 5.41) is 0. The molecule has 0 saturated carbocycles. The van der Waals surface area contributed by atoms with Crippen LogP contribution in [-0.4, -0.2) is 22.7 Å². The first kappa shape index (κ1) is 14.1. The molecule has 0 atom stereocenters. The van der Waals surface area contributed by atoms with Crippen molar-refractivity contribution in [2.24, 2.45) is 5.73 Å². The second-order valence-corrected chi connectivity index (χ2v) is 4.16. The molecule has 0 aliphatic rings. The molecule has 0 fully saturated rings. The van der Waals surface area contributed by atoms with Crippen molar-refractivity contribution in [3.05, 3.63) is 47.8 Å². The van der Waals surface area contributed by atoms with Crippen LogP contribution in [0.3, 0.4) is 0 Å². The van der Waals surface area contributed by atoms with Gasteiger partial charge in [0.25, 0.3) is 0 Å². The Balaban J connectivity index is 2.04. The lowest BCUT2D eigenvalue weighted by Crippen LogP contribution is -2.09. The molecule has 1 heterocycles. The number of ether oxygens (including phenoxy) is 1. The second kappa shape index (κ2) is 6.73. The maximum Gasteiger partial charge on any atom is 0.137 e. The van der Waals surface area contributed by atoms with Crippen LogP contribution in [-0.2, 0) is 6.54 Å². The van der Waals surface area contributed by atoms with Gasteiger partial charge in [0.15, 0.2) is 0 Å². The van der Waals surface area contributed by atoms with Crippen molar-refractivity contribution in [2.75, 3.05) is 13.2 Å². The Hall–Kier alpha value is -2.32. The van der Waals surface area contributed by atoms with Gasteiger partial charge in [-0.3, -0.25) is 0 Å². The van der Waals surface area contributed by atoms with Crippen molar-refractivity contribution >= 4 is 0 Å². The van der Waals surface area contributed by atoms with Gasteiger partial charge in [-0.25, -0.2) is 9.37 Å². The summed E-state index contributed by atoms with van der Waals surface area (Å²) in [6.45, 7) is 3.23. The van der Waals surface area contributed by atoms with Gasteiger partial charge in [-0.05, 0) is 19.1 Å². The molecule has 5 heteroatoms. The Kier molecular flexibility index (Phi) is 4.75. The number of imidazole rings is 1. The zero-order valence-electron chi connectivity index (χ0n) is 11.3. The molecular weight excluding hydrogens is 257 g/mol. The van der Waals surface area contributed by atoms with Crippen LogP contribution in [0, 0.1) is 24.6 Å². The van der Waals surface area contributed by atoms with E-state index in [1.807, 2.05) is 17.7 Å². The van der Waals surface area contributed by atoms with Crippen LogP contribution in [0.15, 0.2) is 30.6 Å². The molecule has 0 aliphatic carbocycles. The third-order valence-corrected chi connectivity index (χ3v) is 2.78. The molecule has 1 aromatic heterocycles. The highest BCUT2D eigenvalue weighted by Gasteiger charge is 2.04. The van der Waals surface area contributed by atoms with Gasteiger partial charge in [-0.15, -0.1) is 0 Å². The molecule has 0 spiro atoms. The molecule has 2 aromatic rings. The third kappa shape index (κ3) is 3.59. The number of aromatic nitrogens is 2. The molecule has 4 nitrogen and oxygen atoms in total. The van der Waals surface area contributed by atoms with E-state index in [0.29, 0.717) is 24.5 Å². The summed E-state index contributed by atoms with van der Waals surface area (Å²) in [6.07, 6.45) is 3.61. The predicted octanol–water partition coefficient (Wildman–Crippen LogP) is 1.72. The van der Waals surface area contributed by atoms with Gasteiger partial charge in [-0.2, -0.15) is 0 Å². The minimum atomic E-state index is -0.350. The number of hydrogen-bond acceptors (Lipinski definition) is 3. The number of rotatable bonds is 4. The van der Waals surface area contributed by atoms with Crippen LogP contribution in [0.5, 0.6) is 5.75 Å². The second-order valence-electron chi connectivity index (χ2n) is 4.16. The smallest absolute Gasteiger partial charge is 0.137 e. The van der Waals surface area contributed by atoms with Crippen LogP contribution in [0.25, 0.3) is 0 Å². The predicted molar refractivity (Wildman–Crippen MR) is 74.8 cm³/mol. The molecule has 0 saturated heterocycles. The maximum atomic E-state index is 13.3. The van der Waals surface area contributed by atoms with Crippen LogP contribution >= 0.6 is 0 Å². The standard InChI is InChI=1S/C15H16FN3O/c1-12-18-7-8-19(12)9-10-20-15-11-14(16)5-4-13(15)3-2-6-17/h4-5,7-8,11H,6,9-10,17H2,1H3. The Morgan fingerprint density at radius 1 is 1.45 bits per heavy atom. The summed E-state index contributed by atoms with van der Waals surface area (Å²) in [6, 6.07) is 4.28. The fourth-order valence-electron chi connectivity index (χ4n) is 1.76. The van der Waals surface area contributed by atoms with E-state index >= 15 is 0 Å². The van der Waals surface area contributed by atoms with E-state index < -0.39 is 0 Å². The first-order valence-electron chi connectivity index (χ1n) is 6.29. The minimum absolute atomic E-state index is 0.255. The number of nitrogens with zero attached hydrogens (tertiary/aromatic N) is 2. The average Bonchev–Trinajstić information content (AvgIpc) is 2.84. The van der Waals surface area contributed by atoms with Crippen molar-refractivity contribution in [3.8, 4) is 17.6 Å². The molecule has 2 rings (SSSR count). The molecule has 0 amide bonds. The number of benzene rings is 1. The van der Waals surface area contributed by atoms with Crippen LogP contribution in [0.4, 0.5) is 4.39 Å². The summed E-state index contributed by atoms with van der Waals surface area (Å²) < 4.78 is 20.8. The van der Waals surface area contributed by atoms with Gasteiger partial charge in [-0.1, -0.05) is 11.8 Å². The summed E-state index contributed by atoms with van der Waals surface area (Å²) in [5.74, 6) is 6.60. The van der Waals surface area contributed by atoms with Gasteiger partial charge in [0, 0.05) is 18.5 Å². The fourth-order valence-corrected chi connectivity index (χ4v) is 1.76. The molecule has 0 bridgehead atoms. The van der Waals surface area contributed by atoms with E-state index in [1.165, 1.54) is 12.1 Å². The molecule has 0 aliphatic heterocycles. The first-order chi connectivity index (χ1) is 9.70. The van der Waals surface area contributed by atoms with Gasteiger partial charge < -0.3 is 15.0 Å². The molecule has 104 valence electrons. The fraction of sp³-hybridized carbons (Fsp3) is 0.267. The maximum absolute atomic E-state index is 13.3. The monoisotopic (exact) mass is 273 g/mol. The number of aryl methyl sites for hydroxylation is 1. The summed E-state index contributed by atoms with van der Waals surface area (Å²) in [7, 11) is 0. The highest BCUT2D eigenvalue weighted by Crippen LogP contribution is 2.19. The summed E-state index contributed by atoms with van der Waals surface area (Å²) in [4.78, 5) is 4.13. The highest BCUT2D eigenvalue weighted by atomic mass is 19.1. The number of halogens is 1. The third-order valence-electron chi connectivity index (χ3n) is 2.78. The SMILES string of the molecule is Cc1nccn1CCOc1cc(F)ccc1C#CCN. The van der Waals surface area contributed by atoms with E-state index in [4.69, 9.17) is 10.5 Å². The van der Waals surface area contributed by atoms with E-state index in [0.717, 1.165) is 5.82 Å². The highest BCUT2D eigenvalue weighted by molar-refractivity contribution is 5.46. The number of nitrogens with two attached hydrogens (primary N) is 1. The minimum Gasteiger partial charge on any atom is -0.490 e. The van der Waals surface area contributed by atoms with E-state index in [1.54, 1.807) is 12.3 Å². The van der Waals surface area contributed by atoms with Crippen LogP contribution in [0.1, 0.15) is 11.4 Å². The van der Waals surface area contributed by atoms with Crippen LogP contribution < -0.4 is 10.5 Å². The summed E-state index contributed by atoms with van der Waals surface area (Å²) in [5.41, 5.74) is 5.98. The lowest BCUT2D eigenvalue weighted by Gasteiger charge is -2.10. The van der Waals surface area contributed by atoms with Gasteiger partial charge in [0.05, 0.1) is 18.7 Å².